The molecule has 1 aliphatic rings. The molecule has 1 rings (SSSR count). The molecule has 0 saturated carbocycles. The van der Waals surface area contributed by atoms with Crippen LogP contribution >= 0.6 is 0 Å². The van der Waals surface area contributed by atoms with E-state index in [0.29, 0.717) is 0 Å². The number of esters is 2. The lowest BCUT2D eigenvalue weighted by Gasteiger charge is -2.42. The minimum absolute atomic E-state index is 0.126. The van der Waals surface area contributed by atoms with Crippen molar-refractivity contribution in [3.8, 4) is 0 Å². The first-order valence-electron chi connectivity index (χ1n) is 6.10. The third-order valence-electron chi connectivity index (χ3n) is 2.91. The van der Waals surface area contributed by atoms with Crippen LogP contribution in [0.2, 0.25) is 0 Å². The lowest BCUT2D eigenvalue weighted by Crippen LogP contribution is -2.61. The lowest BCUT2D eigenvalue weighted by molar-refractivity contribution is -0.298. The molecule has 1 fully saturated rings. The molecule has 0 aromatic rings. The van der Waals surface area contributed by atoms with E-state index in [-0.39, 0.29) is 6.61 Å². The van der Waals surface area contributed by atoms with Crippen LogP contribution in [0.4, 0.5) is 0 Å². The summed E-state index contributed by atoms with van der Waals surface area (Å²) in [6.45, 7) is 2.37. The zero-order chi connectivity index (χ0) is 15.3. The Morgan fingerprint density at radius 3 is 2.10 bits per heavy atom. The molecule has 20 heavy (non-hydrogen) atoms. The van der Waals surface area contributed by atoms with E-state index in [9.17, 15) is 14.7 Å². The second-order valence-corrected chi connectivity index (χ2v) is 4.34. The van der Waals surface area contributed by atoms with Crippen LogP contribution in [-0.4, -0.2) is 68.6 Å². The van der Waals surface area contributed by atoms with Gasteiger partial charge in [0.2, 0.25) is 0 Å². The summed E-state index contributed by atoms with van der Waals surface area (Å²) in [6, 6.07) is 0. The molecule has 0 amide bonds. The number of aliphatic hydroxyl groups is 1. The van der Waals surface area contributed by atoms with E-state index in [1.54, 1.807) is 0 Å². The van der Waals surface area contributed by atoms with Gasteiger partial charge in [-0.1, -0.05) is 0 Å². The van der Waals surface area contributed by atoms with E-state index in [4.69, 9.17) is 23.7 Å². The molecule has 0 spiro atoms. The second kappa shape index (κ2) is 7.53. The van der Waals surface area contributed by atoms with Crippen molar-refractivity contribution in [1.82, 2.24) is 0 Å². The van der Waals surface area contributed by atoms with Crippen LogP contribution in [0.5, 0.6) is 0 Å². The third-order valence-corrected chi connectivity index (χ3v) is 2.91. The summed E-state index contributed by atoms with van der Waals surface area (Å²) >= 11 is 0. The first-order chi connectivity index (χ1) is 9.40. The fourth-order valence-corrected chi connectivity index (χ4v) is 2.09. The Bertz CT molecular complexity index is 344. The van der Waals surface area contributed by atoms with E-state index in [2.05, 4.69) is 0 Å². The summed E-state index contributed by atoms with van der Waals surface area (Å²) < 4.78 is 25.6. The molecule has 1 saturated heterocycles. The predicted octanol–water partition coefficient (Wildman–Crippen LogP) is -0.772. The van der Waals surface area contributed by atoms with Gasteiger partial charge in [-0.05, 0) is 0 Å². The van der Waals surface area contributed by atoms with E-state index in [1.165, 1.54) is 28.1 Å². The molecule has 1 aliphatic heterocycles. The monoisotopic (exact) mass is 292 g/mol. The maximum Gasteiger partial charge on any atom is 0.303 e. The summed E-state index contributed by atoms with van der Waals surface area (Å²) in [4.78, 5) is 22.0. The maximum absolute atomic E-state index is 11.2. The van der Waals surface area contributed by atoms with Crippen molar-refractivity contribution in [3.63, 3.8) is 0 Å². The van der Waals surface area contributed by atoms with Gasteiger partial charge < -0.3 is 28.8 Å². The Morgan fingerprint density at radius 1 is 1.05 bits per heavy atom. The van der Waals surface area contributed by atoms with Crippen molar-refractivity contribution in [2.75, 3.05) is 20.8 Å². The molecule has 0 aromatic carbocycles. The molecular weight excluding hydrogens is 272 g/mol. The first-order valence-corrected chi connectivity index (χ1v) is 6.10. The summed E-state index contributed by atoms with van der Waals surface area (Å²) in [5.74, 6) is -1.03. The molecule has 0 aliphatic carbocycles. The van der Waals surface area contributed by atoms with Crippen LogP contribution < -0.4 is 0 Å². The molecule has 5 atom stereocenters. The molecule has 1 heterocycles. The maximum atomic E-state index is 11.2. The molecule has 8 nitrogen and oxygen atoms in total. The number of ether oxygens (including phenoxy) is 5. The average molecular weight is 292 g/mol. The number of methoxy groups -OCH3 is 2. The molecule has 8 heteroatoms. The molecule has 0 aromatic heterocycles. The smallest absolute Gasteiger partial charge is 0.303 e. The largest absolute Gasteiger partial charge is 0.463 e. The lowest BCUT2D eigenvalue weighted by atomic mass is 9.98. The fourth-order valence-electron chi connectivity index (χ4n) is 2.09. The van der Waals surface area contributed by atoms with Crippen molar-refractivity contribution in [1.29, 1.82) is 0 Å². The van der Waals surface area contributed by atoms with E-state index < -0.39 is 42.6 Å². The van der Waals surface area contributed by atoms with Crippen LogP contribution in [0.1, 0.15) is 13.8 Å². The third kappa shape index (κ3) is 4.14. The summed E-state index contributed by atoms with van der Waals surface area (Å²) in [5.41, 5.74) is 0. The number of carbonyl (C=O) groups excluding carboxylic acids is 2. The van der Waals surface area contributed by atoms with Crippen molar-refractivity contribution >= 4 is 11.9 Å². The van der Waals surface area contributed by atoms with Gasteiger partial charge in [0.1, 0.15) is 24.9 Å². The highest BCUT2D eigenvalue weighted by molar-refractivity contribution is 5.66. The van der Waals surface area contributed by atoms with Gasteiger partial charge in [0.15, 0.2) is 12.4 Å². The number of hydrogen-bond acceptors (Lipinski definition) is 8. The Labute approximate surface area is 116 Å². The SMILES string of the molecule is CO[C@@H]1[C@@H](OC(C)=O)[C@H](OC)[C@@H](COC(C)=O)O[C@H]1O. The zero-order valence-electron chi connectivity index (χ0n) is 11.9. The minimum atomic E-state index is -1.32. The highest BCUT2D eigenvalue weighted by Crippen LogP contribution is 2.26. The molecule has 0 radical (unpaired) electrons. The Morgan fingerprint density at radius 2 is 1.65 bits per heavy atom. The minimum Gasteiger partial charge on any atom is -0.463 e. The van der Waals surface area contributed by atoms with E-state index in [0.717, 1.165) is 0 Å². The van der Waals surface area contributed by atoms with E-state index >= 15 is 0 Å². The quantitative estimate of drug-likeness (QED) is 0.659. The second-order valence-electron chi connectivity index (χ2n) is 4.34. The van der Waals surface area contributed by atoms with Crippen molar-refractivity contribution in [2.45, 2.75) is 44.6 Å². The van der Waals surface area contributed by atoms with Gasteiger partial charge in [0, 0.05) is 28.1 Å². The van der Waals surface area contributed by atoms with Gasteiger partial charge in [-0.15, -0.1) is 0 Å². The number of rotatable bonds is 5. The molecular formula is C12H20O8. The van der Waals surface area contributed by atoms with Crippen LogP contribution in [0.15, 0.2) is 0 Å². The van der Waals surface area contributed by atoms with Gasteiger partial charge in [0.05, 0.1) is 0 Å². The topological polar surface area (TPSA) is 101 Å². The normalized spacial score (nSPS) is 33.5. The highest BCUT2D eigenvalue weighted by atomic mass is 16.7. The molecule has 0 bridgehead atoms. The number of aliphatic hydroxyl groups excluding tert-OH is 1. The van der Waals surface area contributed by atoms with Gasteiger partial charge >= 0.3 is 11.9 Å². The molecule has 0 unspecified atom stereocenters. The van der Waals surface area contributed by atoms with Gasteiger partial charge in [-0.3, -0.25) is 9.59 Å². The van der Waals surface area contributed by atoms with Crippen LogP contribution in [0.25, 0.3) is 0 Å². The number of carbonyl (C=O) groups is 2. The first kappa shape index (κ1) is 16.8. The van der Waals surface area contributed by atoms with Gasteiger partial charge in [0.25, 0.3) is 0 Å². The summed E-state index contributed by atoms with van der Waals surface area (Å²) in [6.07, 6.45) is -4.58. The van der Waals surface area contributed by atoms with Crippen LogP contribution in [0, 0.1) is 0 Å². The van der Waals surface area contributed by atoms with Crippen molar-refractivity contribution in [2.24, 2.45) is 0 Å². The Kier molecular flexibility index (Phi) is 6.34. The standard InChI is InChI=1S/C12H20O8/c1-6(13)18-5-8-9(16-3)10(19-7(2)14)11(17-4)12(15)20-8/h8-12,15H,5H2,1-4H3/t8-,9-,10+,11-,12-/m1/s1. The van der Waals surface area contributed by atoms with E-state index in [1.807, 2.05) is 0 Å². The van der Waals surface area contributed by atoms with Crippen LogP contribution in [0.3, 0.4) is 0 Å². The van der Waals surface area contributed by atoms with Gasteiger partial charge in [-0.25, -0.2) is 0 Å². The molecule has 116 valence electrons. The number of hydrogen-bond donors (Lipinski definition) is 1. The fraction of sp³-hybridized carbons (Fsp3) is 0.833. The predicted molar refractivity (Wildman–Crippen MR) is 64.7 cm³/mol. The Hall–Kier alpha value is -1.22. The summed E-state index contributed by atoms with van der Waals surface area (Å²) in [7, 11) is 2.75. The van der Waals surface area contributed by atoms with Crippen LogP contribution in [-0.2, 0) is 33.3 Å². The zero-order valence-corrected chi connectivity index (χ0v) is 11.9. The molecule has 1 N–H and O–H groups in total. The summed E-state index contributed by atoms with van der Waals surface area (Å²) in [5, 5.41) is 9.87. The Balaban J connectivity index is 2.87. The van der Waals surface area contributed by atoms with Gasteiger partial charge in [-0.2, -0.15) is 0 Å². The van der Waals surface area contributed by atoms with Crippen molar-refractivity contribution in [3.05, 3.63) is 0 Å². The van der Waals surface area contributed by atoms with Crippen molar-refractivity contribution < 1.29 is 38.4 Å². The average Bonchev–Trinajstić information content (AvgIpc) is 2.35. The highest BCUT2D eigenvalue weighted by Gasteiger charge is 2.48.